The minimum absolute atomic E-state index is 0.0583. The molecule has 0 spiro atoms. The van der Waals surface area contributed by atoms with Gasteiger partial charge in [-0.25, -0.2) is 8.42 Å². The lowest BCUT2D eigenvalue weighted by atomic mass is 10.0. The number of sulfone groups is 1. The van der Waals surface area contributed by atoms with Gasteiger partial charge in [0.1, 0.15) is 5.75 Å². The Hall–Kier alpha value is -1.86. The summed E-state index contributed by atoms with van der Waals surface area (Å²) in [6.45, 7) is 6.72. The van der Waals surface area contributed by atoms with Crippen LogP contribution in [-0.4, -0.2) is 74.0 Å². The van der Waals surface area contributed by atoms with Gasteiger partial charge in [0.05, 0.1) is 24.2 Å². The number of hydrogen-bond donors (Lipinski definition) is 0. The van der Waals surface area contributed by atoms with Crippen LogP contribution in [0.5, 0.6) is 5.75 Å². The second kappa shape index (κ2) is 6.95. The van der Waals surface area contributed by atoms with E-state index in [2.05, 4.69) is 11.0 Å². The summed E-state index contributed by atoms with van der Waals surface area (Å²) >= 11 is 0. The average molecular weight is 391 g/mol. The van der Waals surface area contributed by atoms with Gasteiger partial charge in [0, 0.05) is 37.7 Å². The van der Waals surface area contributed by atoms with Gasteiger partial charge in [-0.1, -0.05) is 11.6 Å². The molecule has 2 fully saturated rings. The zero-order valence-electron chi connectivity index (χ0n) is 15.8. The Morgan fingerprint density at radius 3 is 2.78 bits per heavy atom. The lowest BCUT2D eigenvalue weighted by Gasteiger charge is -2.43. The molecule has 2 saturated heterocycles. The summed E-state index contributed by atoms with van der Waals surface area (Å²) in [4.78, 5) is 17.2. The van der Waals surface area contributed by atoms with Crippen molar-refractivity contribution in [2.75, 3.05) is 37.7 Å². The molecule has 0 radical (unpaired) electrons. The lowest BCUT2D eigenvalue weighted by molar-refractivity contribution is 0.0368. The summed E-state index contributed by atoms with van der Waals surface area (Å²) in [7, 11) is -3.13. The fourth-order valence-electron chi connectivity index (χ4n) is 4.29. The molecule has 4 rings (SSSR count). The van der Waals surface area contributed by atoms with Crippen molar-refractivity contribution in [3.63, 3.8) is 0 Å². The van der Waals surface area contributed by atoms with E-state index in [0.717, 1.165) is 24.3 Å². The van der Waals surface area contributed by atoms with Crippen LogP contribution in [0.15, 0.2) is 29.8 Å². The Morgan fingerprint density at radius 1 is 1.22 bits per heavy atom. The van der Waals surface area contributed by atoms with E-state index in [4.69, 9.17) is 4.74 Å². The fourth-order valence-corrected chi connectivity index (χ4v) is 6.30. The number of fused-ring (bicyclic) bond motifs is 2. The molecule has 0 unspecified atom stereocenters. The summed E-state index contributed by atoms with van der Waals surface area (Å²) in [6.07, 6.45) is 2.94. The molecule has 7 heteroatoms. The first kappa shape index (κ1) is 18.5. The fraction of sp³-hybridized carbons (Fsp3) is 0.550. The largest absolute Gasteiger partial charge is 0.493 e. The standard InChI is InChI=1S/C20H26N2O4S/c1-14(2)5-7-21-8-9-22(18-13-27(24,25)12-17(18)21)20(23)16-3-4-19-15(11-16)6-10-26-19/h3-5,11,17-18H,6-10,12-13H2,1-2H3/t17-,18+/m1/s1. The van der Waals surface area contributed by atoms with Crippen molar-refractivity contribution < 1.29 is 17.9 Å². The first-order chi connectivity index (χ1) is 12.8. The second-order valence-corrected chi connectivity index (χ2v) is 10.1. The molecule has 0 saturated carbocycles. The van der Waals surface area contributed by atoms with E-state index in [9.17, 15) is 13.2 Å². The number of amides is 1. The zero-order valence-corrected chi connectivity index (χ0v) is 16.7. The van der Waals surface area contributed by atoms with Gasteiger partial charge in [0.25, 0.3) is 5.91 Å². The van der Waals surface area contributed by atoms with E-state index in [1.165, 1.54) is 5.57 Å². The maximum absolute atomic E-state index is 13.2. The van der Waals surface area contributed by atoms with Crippen molar-refractivity contribution in [2.24, 2.45) is 0 Å². The van der Waals surface area contributed by atoms with Gasteiger partial charge >= 0.3 is 0 Å². The summed E-state index contributed by atoms with van der Waals surface area (Å²) in [5.41, 5.74) is 2.89. The highest BCUT2D eigenvalue weighted by Gasteiger charge is 2.47. The van der Waals surface area contributed by atoms with Crippen molar-refractivity contribution >= 4 is 15.7 Å². The number of rotatable bonds is 3. The molecule has 1 amide bonds. The molecule has 0 aliphatic carbocycles. The van der Waals surface area contributed by atoms with Crippen molar-refractivity contribution in [2.45, 2.75) is 32.4 Å². The van der Waals surface area contributed by atoms with Gasteiger partial charge < -0.3 is 9.64 Å². The van der Waals surface area contributed by atoms with Crippen molar-refractivity contribution in [1.82, 2.24) is 9.80 Å². The third kappa shape index (κ3) is 3.62. The Balaban J connectivity index is 1.58. The number of nitrogens with zero attached hydrogens (tertiary/aromatic N) is 2. The van der Waals surface area contributed by atoms with Crippen LogP contribution in [0.25, 0.3) is 0 Å². The molecule has 3 heterocycles. The molecule has 0 bridgehead atoms. The lowest BCUT2D eigenvalue weighted by Crippen LogP contribution is -2.60. The highest BCUT2D eigenvalue weighted by molar-refractivity contribution is 7.91. The summed E-state index contributed by atoms with van der Waals surface area (Å²) in [5, 5.41) is 0. The van der Waals surface area contributed by atoms with Crippen LogP contribution in [0.2, 0.25) is 0 Å². The van der Waals surface area contributed by atoms with Crippen LogP contribution in [0.4, 0.5) is 0 Å². The van der Waals surface area contributed by atoms with Crippen molar-refractivity contribution in [3.8, 4) is 5.75 Å². The number of hydrogen-bond acceptors (Lipinski definition) is 5. The van der Waals surface area contributed by atoms with Crippen LogP contribution >= 0.6 is 0 Å². The zero-order chi connectivity index (χ0) is 19.2. The Morgan fingerprint density at radius 2 is 2.00 bits per heavy atom. The van der Waals surface area contributed by atoms with Gasteiger partial charge in [0.15, 0.2) is 9.84 Å². The second-order valence-electron chi connectivity index (χ2n) is 7.91. The normalized spacial score (nSPS) is 26.2. The minimum Gasteiger partial charge on any atom is -0.493 e. The molecular weight excluding hydrogens is 364 g/mol. The van der Waals surface area contributed by atoms with E-state index >= 15 is 0 Å². The first-order valence-corrected chi connectivity index (χ1v) is 11.3. The molecule has 0 aromatic heterocycles. The van der Waals surface area contributed by atoms with E-state index in [1.54, 1.807) is 11.0 Å². The number of benzene rings is 1. The van der Waals surface area contributed by atoms with E-state index in [1.807, 2.05) is 26.0 Å². The molecular formula is C20H26N2O4S. The molecule has 1 aromatic rings. The van der Waals surface area contributed by atoms with Gasteiger partial charge in [-0.05, 0) is 37.6 Å². The smallest absolute Gasteiger partial charge is 0.254 e. The van der Waals surface area contributed by atoms with Crippen LogP contribution in [0, 0.1) is 0 Å². The van der Waals surface area contributed by atoms with E-state index < -0.39 is 9.84 Å². The molecule has 2 atom stereocenters. The Labute approximate surface area is 160 Å². The average Bonchev–Trinajstić information content (AvgIpc) is 3.20. The highest BCUT2D eigenvalue weighted by atomic mass is 32.2. The van der Waals surface area contributed by atoms with Gasteiger partial charge in [-0.15, -0.1) is 0 Å². The SMILES string of the molecule is CC(C)=CCN1CCN(C(=O)c2ccc3c(c2)CCO3)[C@H]2CS(=O)(=O)C[C@H]21. The van der Waals surface area contributed by atoms with E-state index in [0.29, 0.717) is 25.3 Å². The highest BCUT2D eigenvalue weighted by Crippen LogP contribution is 2.30. The third-order valence-corrected chi connectivity index (χ3v) is 7.42. The van der Waals surface area contributed by atoms with Crippen LogP contribution in [-0.2, 0) is 16.3 Å². The van der Waals surface area contributed by atoms with Gasteiger partial charge in [-0.2, -0.15) is 0 Å². The summed E-state index contributed by atoms with van der Waals surface area (Å²) in [6, 6.07) is 5.15. The molecule has 27 heavy (non-hydrogen) atoms. The summed E-state index contributed by atoms with van der Waals surface area (Å²) < 4.78 is 30.2. The Kier molecular flexibility index (Phi) is 4.76. The number of carbonyl (C=O) groups excluding carboxylic acids is 1. The number of piperazine rings is 1. The third-order valence-electron chi connectivity index (χ3n) is 5.72. The van der Waals surface area contributed by atoms with E-state index in [-0.39, 0.29) is 29.5 Å². The Bertz CT molecular complexity index is 889. The molecule has 6 nitrogen and oxygen atoms in total. The van der Waals surface area contributed by atoms with Gasteiger partial charge in [-0.3, -0.25) is 9.69 Å². The maximum atomic E-state index is 13.2. The molecule has 0 N–H and O–H groups in total. The topological polar surface area (TPSA) is 66.9 Å². The number of carbonyl (C=O) groups is 1. The number of allylic oxidation sites excluding steroid dienone is 1. The maximum Gasteiger partial charge on any atom is 0.254 e. The quantitative estimate of drug-likeness (QED) is 0.732. The van der Waals surface area contributed by atoms with Crippen molar-refractivity contribution in [1.29, 1.82) is 0 Å². The minimum atomic E-state index is -3.13. The first-order valence-electron chi connectivity index (χ1n) is 9.48. The molecule has 1 aromatic carbocycles. The number of ether oxygens (including phenoxy) is 1. The van der Waals surface area contributed by atoms with Gasteiger partial charge in [0.2, 0.25) is 0 Å². The molecule has 146 valence electrons. The van der Waals surface area contributed by atoms with Crippen LogP contribution in [0.3, 0.4) is 0 Å². The van der Waals surface area contributed by atoms with Crippen molar-refractivity contribution in [3.05, 3.63) is 41.0 Å². The summed E-state index contributed by atoms with van der Waals surface area (Å²) in [5.74, 6) is 0.969. The predicted octanol–water partition coefficient (Wildman–Crippen LogP) is 1.51. The van der Waals surface area contributed by atoms with Crippen LogP contribution in [0.1, 0.15) is 29.8 Å². The van der Waals surface area contributed by atoms with Crippen LogP contribution < -0.4 is 4.74 Å². The predicted molar refractivity (Wildman–Crippen MR) is 104 cm³/mol. The molecule has 3 aliphatic heterocycles. The molecule has 3 aliphatic rings. The monoisotopic (exact) mass is 390 g/mol.